The van der Waals surface area contributed by atoms with E-state index in [0.717, 1.165) is 16.5 Å². The topological polar surface area (TPSA) is 116 Å². The van der Waals surface area contributed by atoms with Gasteiger partial charge in [-0.1, -0.05) is 24.3 Å². The average Bonchev–Trinajstić information content (AvgIpc) is 3.02. The Morgan fingerprint density at radius 1 is 1.15 bits per heavy atom. The Kier molecular flexibility index (Phi) is 4.35. The molecule has 0 amide bonds. The van der Waals surface area contributed by atoms with Gasteiger partial charge in [0, 0.05) is 10.9 Å². The number of aromatic nitrogens is 4. The molecule has 4 rings (SSSR count). The Morgan fingerprint density at radius 3 is 2.70 bits per heavy atom. The molecule has 1 unspecified atom stereocenters. The lowest BCUT2D eigenvalue weighted by atomic mass is 10.0. The third-order valence-electron chi connectivity index (χ3n) is 4.11. The number of aliphatic hydroxyl groups is 1. The second-order valence-electron chi connectivity index (χ2n) is 6.45. The van der Waals surface area contributed by atoms with Crippen molar-refractivity contribution in [3.63, 3.8) is 0 Å². The maximum atomic E-state index is 12.0. The van der Waals surface area contributed by atoms with Crippen LogP contribution >= 0.6 is 0 Å². The maximum absolute atomic E-state index is 12.0. The molecule has 8 nitrogen and oxygen atoms in total. The summed E-state index contributed by atoms with van der Waals surface area (Å²) in [6, 6.07) is 13.0. The zero-order valence-electron chi connectivity index (χ0n) is 14.9. The number of H-pyrrole nitrogens is 2. The van der Waals surface area contributed by atoms with E-state index >= 15 is 0 Å². The summed E-state index contributed by atoms with van der Waals surface area (Å²) < 4.78 is 5.24. The molecule has 0 radical (unpaired) electrons. The molecule has 0 aliphatic carbocycles. The molecule has 0 saturated heterocycles. The fourth-order valence-corrected chi connectivity index (χ4v) is 2.97. The lowest BCUT2D eigenvalue weighted by Crippen LogP contribution is -2.26. The molecule has 0 aliphatic heterocycles. The average molecular weight is 365 g/mol. The van der Waals surface area contributed by atoms with Gasteiger partial charge in [0.1, 0.15) is 0 Å². The van der Waals surface area contributed by atoms with Gasteiger partial charge in [0.25, 0.3) is 5.56 Å². The van der Waals surface area contributed by atoms with Gasteiger partial charge in [0.15, 0.2) is 0 Å². The molecule has 4 aromatic rings. The molecule has 2 heterocycles. The third-order valence-corrected chi connectivity index (χ3v) is 4.11. The van der Waals surface area contributed by atoms with Gasteiger partial charge in [-0.3, -0.25) is 4.79 Å². The van der Waals surface area contributed by atoms with Crippen LogP contribution in [0.4, 0.5) is 5.95 Å². The van der Waals surface area contributed by atoms with Gasteiger partial charge in [-0.25, -0.2) is 10.1 Å². The molecule has 4 N–H and O–H groups in total. The molecule has 2 aromatic heterocycles. The number of imidazole rings is 1. The van der Waals surface area contributed by atoms with Gasteiger partial charge < -0.3 is 20.1 Å². The Morgan fingerprint density at radius 2 is 1.93 bits per heavy atom. The number of nitrogens with one attached hydrogen (secondary N) is 3. The second-order valence-corrected chi connectivity index (χ2v) is 6.45. The minimum Gasteiger partial charge on any atom is -0.351 e. The summed E-state index contributed by atoms with van der Waals surface area (Å²) in [5.41, 5.74) is 2.77. The zero-order valence-corrected chi connectivity index (χ0v) is 14.9. The van der Waals surface area contributed by atoms with Crippen LogP contribution in [0.25, 0.3) is 33.1 Å². The van der Waals surface area contributed by atoms with Crippen LogP contribution in [-0.4, -0.2) is 37.8 Å². The molecule has 0 spiro atoms. The van der Waals surface area contributed by atoms with E-state index in [1.54, 1.807) is 6.07 Å². The molecule has 1 atom stereocenters. The monoisotopic (exact) mass is 365 g/mol. The summed E-state index contributed by atoms with van der Waals surface area (Å²) in [5, 5.41) is 20.7. The fourth-order valence-electron chi connectivity index (χ4n) is 2.97. The number of fused-ring (bicyclic) bond motifs is 2. The fraction of sp³-hybridized carbons (Fsp3) is 0.211. The minimum absolute atomic E-state index is 0.122. The number of hydrogen-bond acceptors (Lipinski definition) is 6. The Labute approximate surface area is 154 Å². The molecular formula is C19H19N5O3. The predicted octanol–water partition coefficient (Wildman–Crippen LogP) is 2.58. The Bertz CT molecular complexity index is 1160. The molecule has 2 aromatic carbocycles. The molecule has 0 aliphatic rings. The lowest BCUT2D eigenvalue weighted by Gasteiger charge is -2.15. The van der Waals surface area contributed by atoms with Gasteiger partial charge >= 0.3 is 0 Å². The normalized spacial score (nSPS) is 12.7. The van der Waals surface area contributed by atoms with E-state index in [9.17, 15) is 9.90 Å². The van der Waals surface area contributed by atoms with E-state index in [2.05, 4.69) is 25.5 Å². The predicted molar refractivity (Wildman–Crippen MR) is 103 cm³/mol. The van der Waals surface area contributed by atoms with Crippen molar-refractivity contribution in [2.75, 3.05) is 5.32 Å². The summed E-state index contributed by atoms with van der Waals surface area (Å²) in [6.07, 6.45) is -1.28. The molecule has 0 saturated carbocycles. The summed E-state index contributed by atoms with van der Waals surface area (Å²) in [5.74, 6) is 0.398. The highest BCUT2D eigenvalue weighted by molar-refractivity contribution is 5.95. The van der Waals surface area contributed by atoms with E-state index in [4.69, 9.17) is 4.74 Å². The standard InChI is InChI=1S/C19H19N5O3/c1-10(2)27-19(26)22-18-20-14-8-7-11(9-15(14)21-18)16-12-5-3-4-6-13(12)17(25)24-23-16/h3-10,19,26H,1-2H3,(H,24,25)(H2,20,21,22). The van der Waals surface area contributed by atoms with Crippen molar-refractivity contribution in [3.8, 4) is 11.3 Å². The van der Waals surface area contributed by atoms with Crippen molar-refractivity contribution in [3.05, 3.63) is 52.8 Å². The van der Waals surface area contributed by atoms with Crippen LogP contribution in [0.1, 0.15) is 13.8 Å². The van der Waals surface area contributed by atoms with Crippen LogP contribution in [0.5, 0.6) is 0 Å². The van der Waals surface area contributed by atoms with Gasteiger partial charge in [-0.05, 0) is 32.0 Å². The summed E-state index contributed by atoms with van der Waals surface area (Å²) in [7, 11) is 0. The number of anilines is 1. The Balaban J connectivity index is 1.72. The molecule has 138 valence electrons. The molecule has 0 fully saturated rings. The number of aromatic amines is 2. The summed E-state index contributed by atoms with van der Waals surface area (Å²) in [6.45, 7) is 3.66. The first kappa shape index (κ1) is 17.2. The van der Waals surface area contributed by atoms with Crippen molar-refractivity contribution >= 4 is 27.8 Å². The number of ether oxygens (including phenoxy) is 1. The van der Waals surface area contributed by atoms with Crippen LogP contribution in [0, 0.1) is 0 Å². The first-order valence-electron chi connectivity index (χ1n) is 8.59. The lowest BCUT2D eigenvalue weighted by molar-refractivity contribution is -0.106. The SMILES string of the molecule is CC(C)OC(O)Nc1nc2cc(-c3n[nH]c(=O)c4ccccc34)ccc2[nH]1. The molecule has 0 bridgehead atoms. The van der Waals surface area contributed by atoms with E-state index < -0.39 is 6.41 Å². The van der Waals surface area contributed by atoms with Crippen LogP contribution in [0.3, 0.4) is 0 Å². The van der Waals surface area contributed by atoms with Crippen LogP contribution in [0.2, 0.25) is 0 Å². The van der Waals surface area contributed by atoms with Gasteiger partial charge in [0.2, 0.25) is 12.4 Å². The van der Waals surface area contributed by atoms with Crippen molar-refractivity contribution in [2.24, 2.45) is 0 Å². The third kappa shape index (κ3) is 3.40. The zero-order chi connectivity index (χ0) is 19.0. The largest absolute Gasteiger partial charge is 0.351 e. The number of benzene rings is 2. The second kappa shape index (κ2) is 6.82. The van der Waals surface area contributed by atoms with Crippen LogP contribution < -0.4 is 10.9 Å². The van der Waals surface area contributed by atoms with Crippen molar-refractivity contribution in [1.29, 1.82) is 0 Å². The first-order chi connectivity index (χ1) is 13.0. The first-order valence-corrected chi connectivity index (χ1v) is 8.59. The van der Waals surface area contributed by atoms with Gasteiger partial charge in [-0.2, -0.15) is 5.10 Å². The van der Waals surface area contributed by atoms with E-state index in [1.165, 1.54) is 0 Å². The number of aliphatic hydroxyl groups excluding tert-OH is 1. The number of rotatable bonds is 5. The highest BCUT2D eigenvalue weighted by Crippen LogP contribution is 2.27. The Hall–Kier alpha value is -3.23. The summed E-state index contributed by atoms with van der Waals surface area (Å²) in [4.78, 5) is 19.5. The molecule has 27 heavy (non-hydrogen) atoms. The molecular weight excluding hydrogens is 346 g/mol. The van der Waals surface area contributed by atoms with E-state index in [1.807, 2.05) is 50.2 Å². The number of hydrogen-bond donors (Lipinski definition) is 4. The molecule has 8 heteroatoms. The van der Waals surface area contributed by atoms with Crippen molar-refractivity contribution in [1.82, 2.24) is 20.2 Å². The van der Waals surface area contributed by atoms with Crippen LogP contribution in [-0.2, 0) is 4.74 Å². The smallest absolute Gasteiger partial charge is 0.272 e. The maximum Gasteiger partial charge on any atom is 0.272 e. The quantitative estimate of drug-likeness (QED) is 0.404. The van der Waals surface area contributed by atoms with Gasteiger partial charge in [0.05, 0.1) is 28.2 Å². The van der Waals surface area contributed by atoms with Gasteiger partial charge in [-0.15, -0.1) is 0 Å². The van der Waals surface area contributed by atoms with E-state index in [-0.39, 0.29) is 11.7 Å². The highest BCUT2D eigenvalue weighted by Gasteiger charge is 2.12. The van der Waals surface area contributed by atoms with Crippen molar-refractivity contribution < 1.29 is 9.84 Å². The highest BCUT2D eigenvalue weighted by atomic mass is 16.6. The minimum atomic E-state index is -1.16. The van der Waals surface area contributed by atoms with E-state index in [0.29, 0.717) is 22.5 Å². The number of nitrogens with zero attached hydrogens (tertiary/aromatic N) is 2. The van der Waals surface area contributed by atoms with Crippen LogP contribution in [0.15, 0.2) is 47.3 Å². The summed E-state index contributed by atoms with van der Waals surface area (Å²) >= 11 is 0. The van der Waals surface area contributed by atoms with Crippen molar-refractivity contribution in [2.45, 2.75) is 26.4 Å².